The maximum atomic E-state index is 12.0. The van der Waals surface area contributed by atoms with E-state index in [9.17, 15) is 9.90 Å². The number of rotatable bonds is 9. The van der Waals surface area contributed by atoms with Crippen molar-refractivity contribution in [3.8, 4) is 22.8 Å². The Bertz CT molecular complexity index is 1080. The van der Waals surface area contributed by atoms with E-state index >= 15 is 0 Å². The molecule has 0 fully saturated rings. The van der Waals surface area contributed by atoms with Crippen LogP contribution < -0.4 is 0 Å². The number of aliphatic hydroxyl groups is 1. The van der Waals surface area contributed by atoms with E-state index in [1.165, 1.54) is 12.8 Å². The molecule has 0 amide bonds. The quantitative estimate of drug-likeness (QED) is 0.407. The molecule has 0 aliphatic rings. The molecule has 0 bridgehead atoms. The number of carbonyl (C=O) groups is 1. The van der Waals surface area contributed by atoms with Crippen molar-refractivity contribution in [2.45, 2.75) is 25.4 Å². The number of nitrogens with zero attached hydrogens (tertiary/aromatic N) is 4. The molecule has 31 heavy (non-hydrogen) atoms. The highest BCUT2D eigenvalue weighted by atomic mass is 16.5. The molecule has 4 rings (SSSR count). The number of benzene rings is 2. The van der Waals surface area contributed by atoms with Gasteiger partial charge >= 0.3 is 5.97 Å². The number of esters is 1. The molecular weight excluding hydrogens is 400 g/mol. The molecule has 158 valence electrons. The van der Waals surface area contributed by atoms with Crippen LogP contribution in [0.1, 0.15) is 17.5 Å². The van der Waals surface area contributed by atoms with Gasteiger partial charge in [-0.3, -0.25) is 4.79 Å². The van der Waals surface area contributed by atoms with E-state index in [1.807, 2.05) is 48.5 Å². The third kappa shape index (κ3) is 5.61. The summed E-state index contributed by atoms with van der Waals surface area (Å²) in [7, 11) is 0. The van der Waals surface area contributed by atoms with Crippen LogP contribution in [0.5, 0.6) is 0 Å². The second-order valence-corrected chi connectivity index (χ2v) is 6.94. The molecular formula is C22H20N4O5. The van der Waals surface area contributed by atoms with E-state index in [0.29, 0.717) is 24.5 Å². The third-order valence-electron chi connectivity index (χ3n) is 4.67. The van der Waals surface area contributed by atoms with E-state index in [1.54, 1.807) is 0 Å². The fraction of sp³-hybridized carbons (Fsp3) is 0.227. The Labute approximate surface area is 177 Å². The highest BCUT2D eigenvalue weighted by Crippen LogP contribution is 2.17. The normalized spacial score (nSPS) is 11.9. The van der Waals surface area contributed by atoms with E-state index in [0.717, 1.165) is 22.3 Å². The monoisotopic (exact) mass is 420 g/mol. The first-order valence-corrected chi connectivity index (χ1v) is 9.72. The predicted octanol–water partition coefficient (Wildman–Crippen LogP) is 2.87. The number of hydrogen-bond donors (Lipinski definition) is 1. The number of hydrogen-bond acceptors (Lipinski definition) is 9. The minimum absolute atomic E-state index is 0.0661. The highest BCUT2D eigenvalue weighted by molar-refractivity contribution is 5.70. The molecule has 0 radical (unpaired) electrons. The lowest BCUT2D eigenvalue weighted by Gasteiger charge is -2.11. The molecule has 1 N–H and O–H groups in total. The first-order chi connectivity index (χ1) is 15.2. The summed E-state index contributed by atoms with van der Waals surface area (Å²) >= 11 is 0. The molecule has 2 heterocycles. The molecule has 2 aromatic heterocycles. The van der Waals surface area contributed by atoms with Crippen LogP contribution in [0.2, 0.25) is 0 Å². The SMILES string of the molecule is O=C(CC(O)Cc1ccc(-c2ncon2)cc1)OCCc1ccc(-c2ncon2)cc1. The molecule has 0 aliphatic carbocycles. The Morgan fingerprint density at radius 1 is 0.871 bits per heavy atom. The van der Waals surface area contributed by atoms with Crippen molar-refractivity contribution in [2.75, 3.05) is 6.61 Å². The van der Waals surface area contributed by atoms with Gasteiger partial charge in [0, 0.05) is 17.5 Å². The van der Waals surface area contributed by atoms with Crippen LogP contribution in [0, 0.1) is 0 Å². The first kappa shape index (κ1) is 20.4. The number of carbonyl (C=O) groups excluding carboxylic acids is 1. The molecule has 9 heteroatoms. The summed E-state index contributed by atoms with van der Waals surface area (Å²) in [6, 6.07) is 15.0. The summed E-state index contributed by atoms with van der Waals surface area (Å²) in [6.07, 6.45) is 2.58. The van der Waals surface area contributed by atoms with E-state index in [2.05, 4.69) is 20.3 Å². The zero-order valence-corrected chi connectivity index (χ0v) is 16.5. The fourth-order valence-corrected chi connectivity index (χ4v) is 3.08. The maximum absolute atomic E-state index is 12.0. The minimum Gasteiger partial charge on any atom is -0.465 e. The maximum Gasteiger partial charge on any atom is 0.308 e. The van der Waals surface area contributed by atoms with Crippen LogP contribution >= 0.6 is 0 Å². The second-order valence-electron chi connectivity index (χ2n) is 6.94. The van der Waals surface area contributed by atoms with Crippen LogP contribution in [0.15, 0.2) is 70.4 Å². The first-order valence-electron chi connectivity index (χ1n) is 9.72. The van der Waals surface area contributed by atoms with Crippen LogP contribution in [0.25, 0.3) is 22.8 Å². The van der Waals surface area contributed by atoms with Crippen LogP contribution in [-0.4, -0.2) is 44.1 Å². The van der Waals surface area contributed by atoms with Crippen LogP contribution in [0.4, 0.5) is 0 Å². The summed E-state index contributed by atoms with van der Waals surface area (Å²) in [5, 5.41) is 17.8. The molecule has 0 spiro atoms. The lowest BCUT2D eigenvalue weighted by Crippen LogP contribution is -2.19. The van der Waals surface area contributed by atoms with Gasteiger partial charge in [0.2, 0.25) is 24.4 Å². The third-order valence-corrected chi connectivity index (χ3v) is 4.67. The molecule has 0 saturated heterocycles. The Kier molecular flexibility index (Phi) is 6.44. The summed E-state index contributed by atoms with van der Waals surface area (Å²) in [4.78, 5) is 20.0. The van der Waals surface area contributed by atoms with Crippen LogP contribution in [0.3, 0.4) is 0 Å². The van der Waals surface area contributed by atoms with Gasteiger partial charge < -0.3 is 18.9 Å². The molecule has 1 atom stereocenters. The van der Waals surface area contributed by atoms with E-state index in [-0.39, 0.29) is 13.0 Å². The van der Waals surface area contributed by atoms with Gasteiger partial charge in [-0.25, -0.2) is 0 Å². The number of ether oxygens (including phenoxy) is 1. The van der Waals surface area contributed by atoms with Crippen molar-refractivity contribution in [3.05, 3.63) is 72.4 Å². The van der Waals surface area contributed by atoms with Gasteiger partial charge in [-0.2, -0.15) is 9.97 Å². The zero-order chi connectivity index (χ0) is 21.5. The van der Waals surface area contributed by atoms with Crippen molar-refractivity contribution in [1.82, 2.24) is 20.3 Å². The van der Waals surface area contributed by atoms with E-state index in [4.69, 9.17) is 13.8 Å². The summed E-state index contributed by atoms with van der Waals surface area (Å²) < 4.78 is 14.7. The predicted molar refractivity (Wildman–Crippen MR) is 108 cm³/mol. The van der Waals surface area contributed by atoms with Crippen LogP contribution in [-0.2, 0) is 22.4 Å². The Morgan fingerprint density at radius 2 is 1.42 bits per heavy atom. The summed E-state index contributed by atoms with van der Waals surface area (Å²) in [5.41, 5.74) is 3.58. The average molecular weight is 420 g/mol. The lowest BCUT2D eigenvalue weighted by atomic mass is 10.0. The lowest BCUT2D eigenvalue weighted by molar-refractivity contribution is -0.145. The number of aromatic nitrogens is 4. The van der Waals surface area contributed by atoms with Gasteiger partial charge in [-0.15, -0.1) is 0 Å². The molecule has 0 saturated carbocycles. The van der Waals surface area contributed by atoms with E-state index < -0.39 is 12.1 Å². The minimum atomic E-state index is -0.822. The van der Waals surface area contributed by atoms with Gasteiger partial charge in [0.1, 0.15) is 0 Å². The molecule has 9 nitrogen and oxygen atoms in total. The van der Waals surface area contributed by atoms with Gasteiger partial charge in [-0.05, 0) is 17.5 Å². The van der Waals surface area contributed by atoms with Crippen molar-refractivity contribution in [1.29, 1.82) is 0 Å². The van der Waals surface area contributed by atoms with Gasteiger partial charge in [0.25, 0.3) is 0 Å². The molecule has 0 aliphatic heterocycles. The smallest absolute Gasteiger partial charge is 0.308 e. The molecule has 2 aromatic carbocycles. The second kappa shape index (κ2) is 9.77. The average Bonchev–Trinajstić information content (AvgIpc) is 3.49. The summed E-state index contributed by atoms with van der Waals surface area (Å²) in [5.74, 6) is 0.593. The van der Waals surface area contributed by atoms with Gasteiger partial charge in [-0.1, -0.05) is 58.8 Å². The zero-order valence-electron chi connectivity index (χ0n) is 16.5. The van der Waals surface area contributed by atoms with Crippen molar-refractivity contribution in [3.63, 3.8) is 0 Å². The van der Waals surface area contributed by atoms with Gasteiger partial charge in [0.05, 0.1) is 19.1 Å². The Morgan fingerprint density at radius 3 is 1.94 bits per heavy atom. The standard InChI is InChI=1S/C22H20N4O5/c27-19(11-16-3-7-18(8-4-16)22-24-14-31-26-22)12-20(28)29-10-9-15-1-5-17(6-2-15)21-23-13-30-25-21/h1-8,13-14,19,27H,9-12H2. The molecule has 4 aromatic rings. The summed E-state index contributed by atoms with van der Waals surface area (Å²) in [6.45, 7) is 0.243. The Hall–Kier alpha value is -3.85. The van der Waals surface area contributed by atoms with Crippen molar-refractivity contribution < 1.29 is 23.7 Å². The molecule has 1 unspecified atom stereocenters. The fourth-order valence-electron chi connectivity index (χ4n) is 3.08. The van der Waals surface area contributed by atoms with Crippen molar-refractivity contribution in [2.24, 2.45) is 0 Å². The largest absolute Gasteiger partial charge is 0.465 e. The highest BCUT2D eigenvalue weighted by Gasteiger charge is 2.13. The Balaban J connectivity index is 1.19. The van der Waals surface area contributed by atoms with Gasteiger partial charge in [0.15, 0.2) is 0 Å². The topological polar surface area (TPSA) is 124 Å². The van der Waals surface area contributed by atoms with Crippen molar-refractivity contribution >= 4 is 5.97 Å². The number of aliphatic hydroxyl groups excluding tert-OH is 1.